The summed E-state index contributed by atoms with van der Waals surface area (Å²) in [6.07, 6.45) is -3.26. The normalized spacial score (nSPS) is 11.5. The van der Waals surface area contributed by atoms with E-state index in [1.165, 1.54) is 31.4 Å². The summed E-state index contributed by atoms with van der Waals surface area (Å²) in [5.74, 6) is 0. The molecule has 0 radical (unpaired) electrons. The van der Waals surface area contributed by atoms with E-state index in [-0.39, 0.29) is 16.4 Å². The van der Waals surface area contributed by atoms with Crippen molar-refractivity contribution in [1.29, 1.82) is 0 Å². The lowest BCUT2D eigenvalue weighted by molar-refractivity contribution is -0.137. The Labute approximate surface area is 122 Å². The Morgan fingerprint density at radius 3 is 2.52 bits per heavy atom. The first-order valence-electron chi connectivity index (χ1n) is 5.73. The lowest BCUT2D eigenvalue weighted by Crippen LogP contribution is -2.22. The zero-order valence-electron chi connectivity index (χ0n) is 10.7. The Morgan fingerprint density at radius 2 is 1.95 bits per heavy atom. The van der Waals surface area contributed by atoms with Crippen LogP contribution in [0, 0.1) is 0 Å². The van der Waals surface area contributed by atoms with E-state index in [4.69, 9.17) is 11.6 Å². The molecule has 1 N–H and O–H groups in total. The molecular formula is C13H10ClF3N2O2. The van der Waals surface area contributed by atoms with Crippen LogP contribution in [0.5, 0.6) is 0 Å². The second-order valence-electron chi connectivity index (χ2n) is 4.26. The molecule has 0 spiro atoms. The van der Waals surface area contributed by atoms with Gasteiger partial charge in [-0.25, -0.2) is 0 Å². The van der Waals surface area contributed by atoms with E-state index < -0.39 is 17.3 Å². The second-order valence-corrected chi connectivity index (χ2v) is 4.64. The molecule has 0 atom stereocenters. The van der Waals surface area contributed by atoms with Gasteiger partial charge in [-0.2, -0.15) is 13.2 Å². The van der Waals surface area contributed by atoms with E-state index in [0.29, 0.717) is 5.06 Å². The molecule has 21 heavy (non-hydrogen) atoms. The molecule has 0 fully saturated rings. The number of halogens is 4. The summed E-state index contributed by atoms with van der Waals surface area (Å²) < 4.78 is 39.0. The number of alkyl halides is 3. The molecule has 1 aromatic heterocycles. The van der Waals surface area contributed by atoms with Gasteiger partial charge >= 0.3 is 6.18 Å². The van der Waals surface area contributed by atoms with Crippen LogP contribution in [0.25, 0.3) is 5.69 Å². The van der Waals surface area contributed by atoms with Gasteiger partial charge in [0.25, 0.3) is 5.56 Å². The molecule has 0 bridgehead atoms. The smallest absolute Gasteiger partial charge is 0.289 e. The third kappa shape index (κ3) is 3.03. The highest BCUT2D eigenvalue weighted by atomic mass is 35.5. The average Bonchev–Trinajstić information content (AvgIpc) is 2.40. The van der Waals surface area contributed by atoms with Gasteiger partial charge < -0.3 is 0 Å². The first-order chi connectivity index (χ1) is 9.71. The van der Waals surface area contributed by atoms with Gasteiger partial charge in [0.05, 0.1) is 11.3 Å². The highest BCUT2D eigenvalue weighted by Gasteiger charge is 2.30. The predicted octanol–water partition coefficient (Wildman–Crippen LogP) is 3.34. The van der Waals surface area contributed by atoms with Gasteiger partial charge in [-0.15, -0.1) is 0 Å². The third-order valence-electron chi connectivity index (χ3n) is 2.81. The largest absolute Gasteiger partial charge is 0.416 e. The monoisotopic (exact) mass is 318 g/mol. The van der Waals surface area contributed by atoms with Crippen LogP contribution in [-0.4, -0.2) is 16.8 Å². The zero-order chi connectivity index (χ0) is 15.8. The number of hydrogen-bond donors (Lipinski definition) is 1. The van der Waals surface area contributed by atoms with Crippen LogP contribution in [-0.2, 0) is 6.18 Å². The van der Waals surface area contributed by atoms with Gasteiger partial charge in [0, 0.05) is 18.9 Å². The maximum absolute atomic E-state index is 12.7. The molecule has 2 aromatic rings. The molecule has 1 heterocycles. The van der Waals surface area contributed by atoms with Crippen LogP contribution >= 0.6 is 11.6 Å². The number of rotatable bonds is 2. The van der Waals surface area contributed by atoms with Gasteiger partial charge in [-0.3, -0.25) is 19.6 Å². The zero-order valence-corrected chi connectivity index (χ0v) is 11.5. The summed E-state index contributed by atoms with van der Waals surface area (Å²) in [7, 11) is 1.27. The van der Waals surface area contributed by atoms with Crippen LogP contribution in [0.15, 0.2) is 41.3 Å². The summed E-state index contributed by atoms with van der Waals surface area (Å²) in [5.41, 5.74) is -1.51. The minimum atomic E-state index is -4.51. The van der Waals surface area contributed by atoms with Crippen molar-refractivity contribution in [3.05, 3.63) is 57.5 Å². The standard InChI is InChI=1S/C13H10ClF3N2O2/c1-18(21)10-5-6-19(12(20)11(10)14)9-4-2-3-8(7-9)13(15,16)17/h2-7,21H,1H3. The Kier molecular flexibility index (Phi) is 3.97. The lowest BCUT2D eigenvalue weighted by Gasteiger charge is -2.15. The molecule has 0 saturated carbocycles. The summed E-state index contributed by atoms with van der Waals surface area (Å²) in [4.78, 5) is 12.1. The average molecular weight is 319 g/mol. The van der Waals surface area contributed by atoms with Crippen LogP contribution in [0.2, 0.25) is 5.02 Å². The first-order valence-corrected chi connectivity index (χ1v) is 6.11. The van der Waals surface area contributed by atoms with E-state index in [2.05, 4.69) is 0 Å². The van der Waals surface area contributed by atoms with Crippen LogP contribution in [0.4, 0.5) is 18.9 Å². The van der Waals surface area contributed by atoms with Gasteiger partial charge in [-0.1, -0.05) is 17.7 Å². The number of anilines is 1. The number of aromatic nitrogens is 1. The van der Waals surface area contributed by atoms with E-state index in [0.717, 1.165) is 16.7 Å². The number of nitrogens with zero attached hydrogens (tertiary/aromatic N) is 2. The van der Waals surface area contributed by atoms with Crippen molar-refractivity contribution in [2.45, 2.75) is 6.18 Å². The van der Waals surface area contributed by atoms with Crippen molar-refractivity contribution >= 4 is 17.3 Å². The molecule has 112 valence electrons. The van der Waals surface area contributed by atoms with Crippen molar-refractivity contribution in [3.63, 3.8) is 0 Å². The fourth-order valence-electron chi connectivity index (χ4n) is 1.79. The maximum Gasteiger partial charge on any atom is 0.416 e. The fourth-order valence-corrected chi connectivity index (χ4v) is 2.06. The van der Waals surface area contributed by atoms with Gasteiger partial charge in [0.15, 0.2) is 0 Å². The molecule has 2 rings (SSSR count). The van der Waals surface area contributed by atoms with E-state index >= 15 is 0 Å². The fraction of sp³-hybridized carbons (Fsp3) is 0.154. The van der Waals surface area contributed by atoms with Crippen LogP contribution < -0.4 is 10.6 Å². The number of hydrogen-bond acceptors (Lipinski definition) is 3. The molecule has 0 aliphatic heterocycles. The maximum atomic E-state index is 12.7. The molecule has 0 amide bonds. The Hall–Kier alpha value is -1.99. The minimum Gasteiger partial charge on any atom is -0.289 e. The van der Waals surface area contributed by atoms with Crippen molar-refractivity contribution < 1.29 is 18.4 Å². The molecule has 0 saturated heterocycles. The minimum absolute atomic E-state index is 0.0314. The summed E-state index contributed by atoms with van der Waals surface area (Å²) in [6.45, 7) is 0. The van der Waals surface area contributed by atoms with Gasteiger partial charge in [0.1, 0.15) is 5.02 Å². The molecule has 0 aliphatic rings. The highest BCUT2D eigenvalue weighted by Crippen LogP contribution is 2.30. The highest BCUT2D eigenvalue weighted by molar-refractivity contribution is 6.33. The quantitative estimate of drug-likeness (QED) is 0.864. The Bertz CT molecular complexity index is 726. The Balaban J connectivity index is 2.59. The van der Waals surface area contributed by atoms with Crippen LogP contribution in [0.1, 0.15) is 5.56 Å². The Morgan fingerprint density at radius 1 is 1.29 bits per heavy atom. The topological polar surface area (TPSA) is 45.5 Å². The number of hydroxylamine groups is 1. The molecule has 0 unspecified atom stereocenters. The lowest BCUT2D eigenvalue weighted by atomic mass is 10.2. The summed E-state index contributed by atoms with van der Waals surface area (Å²) >= 11 is 5.82. The third-order valence-corrected chi connectivity index (χ3v) is 3.17. The van der Waals surface area contributed by atoms with Crippen molar-refractivity contribution in [2.75, 3.05) is 12.1 Å². The summed E-state index contributed by atoms with van der Waals surface area (Å²) in [5, 5.41) is 9.65. The first kappa shape index (κ1) is 15.4. The second kappa shape index (κ2) is 5.42. The number of pyridine rings is 1. The molecule has 8 heteroatoms. The van der Waals surface area contributed by atoms with E-state index in [9.17, 15) is 23.2 Å². The van der Waals surface area contributed by atoms with Crippen molar-refractivity contribution in [2.24, 2.45) is 0 Å². The van der Waals surface area contributed by atoms with Crippen LogP contribution in [0.3, 0.4) is 0 Å². The molecular weight excluding hydrogens is 309 g/mol. The number of benzene rings is 1. The molecule has 4 nitrogen and oxygen atoms in total. The van der Waals surface area contributed by atoms with E-state index in [1.54, 1.807) is 0 Å². The SMILES string of the molecule is CN(O)c1ccn(-c2cccc(C(F)(F)F)c2)c(=O)c1Cl. The molecule has 1 aromatic carbocycles. The van der Waals surface area contributed by atoms with E-state index in [1.807, 2.05) is 0 Å². The van der Waals surface area contributed by atoms with Gasteiger partial charge in [0.2, 0.25) is 0 Å². The van der Waals surface area contributed by atoms with Crippen molar-refractivity contribution in [1.82, 2.24) is 4.57 Å². The predicted molar refractivity (Wildman–Crippen MR) is 72.2 cm³/mol. The van der Waals surface area contributed by atoms with Gasteiger partial charge in [-0.05, 0) is 24.3 Å². The van der Waals surface area contributed by atoms with Crippen molar-refractivity contribution in [3.8, 4) is 5.69 Å². The summed E-state index contributed by atoms with van der Waals surface area (Å²) in [6, 6.07) is 5.63. The molecule has 0 aliphatic carbocycles.